The van der Waals surface area contributed by atoms with Crippen LogP contribution in [0.2, 0.25) is 0 Å². The Kier molecular flexibility index (Phi) is 3.79. The molecule has 1 rings (SSSR count). The van der Waals surface area contributed by atoms with E-state index in [4.69, 9.17) is 9.47 Å². The maximum Gasteiger partial charge on any atom is 0.253 e. The first-order chi connectivity index (χ1) is 6.67. The summed E-state index contributed by atoms with van der Waals surface area (Å²) in [5.41, 5.74) is 0.606. The fourth-order valence-electron chi connectivity index (χ4n) is 1.06. The molecular formula is C9H14N2O3. The smallest absolute Gasteiger partial charge is 0.253 e. The van der Waals surface area contributed by atoms with Gasteiger partial charge in [-0.15, -0.1) is 0 Å². The van der Waals surface area contributed by atoms with Gasteiger partial charge < -0.3 is 9.47 Å². The molecule has 0 unspecified atom stereocenters. The van der Waals surface area contributed by atoms with Gasteiger partial charge in [0.2, 0.25) is 0 Å². The number of aromatic nitrogens is 2. The minimum atomic E-state index is -0.419. The van der Waals surface area contributed by atoms with Crippen LogP contribution in [-0.2, 0) is 16.0 Å². The van der Waals surface area contributed by atoms with Crippen molar-refractivity contribution in [3.63, 3.8) is 0 Å². The lowest BCUT2D eigenvalue weighted by atomic mass is 10.4. The van der Waals surface area contributed by atoms with Crippen LogP contribution in [-0.4, -0.2) is 30.1 Å². The SMILES string of the molecule is COC(Cn1cnc(C)cc1=O)OC. The fraction of sp³-hybridized carbons (Fsp3) is 0.556. The molecule has 78 valence electrons. The first kappa shape index (κ1) is 10.9. The van der Waals surface area contributed by atoms with E-state index in [1.807, 2.05) is 0 Å². The number of hydrogen-bond donors (Lipinski definition) is 0. The highest BCUT2D eigenvalue weighted by molar-refractivity contribution is 4.95. The second kappa shape index (κ2) is 4.88. The zero-order valence-electron chi connectivity index (χ0n) is 8.56. The van der Waals surface area contributed by atoms with Crippen LogP contribution >= 0.6 is 0 Å². The molecule has 0 fully saturated rings. The molecule has 1 aromatic heterocycles. The summed E-state index contributed by atoms with van der Waals surface area (Å²) in [7, 11) is 3.06. The van der Waals surface area contributed by atoms with Crippen molar-refractivity contribution in [2.45, 2.75) is 19.8 Å². The standard InChI is InChI=1S/C9H14N2O3/c1-7-4-8(12)11(6-10-7)5-9(13-2)14-3/h4,6,9H,5H2,1-3H3. The maximum atomic E-state index is 11.4. The van der Waals surface area contributed by atoms with Crippen molar-refractivity contribution >= 4 is 0 Å². The second-order valence-electron chi connectivity index (χ2n) is 2.92. The summed E-state index contributed by atoms with van der Waals surface area (Å²) in [5.74, 6) is 0. The molecule has 0 spiro atoms. The van der Waals surface area contributed by atoms with E-state index >= 15 is 0 Å². The Morgan fingerprint density at radius 3 is 2.64 bits per heavy atom. The van der Waals surface area contributed by atoms with E-state index in [0.717, 1.165) is 0 Å². The molecule has 0 N–H and O–H groups in total. The molecule has 1 heterocycles. The van der Waals surface area contributed by atoms with Crippen LogP contribution in [0.3, 0.4) is 0 Å². The molecule has 0 aliphatic carbocycles. The van der Waals surface area contributed by atoms with Crippen LogP contribution in [0.25, 0.3) is 0 Å². The first-order valence-electron chi connectivity index (χ1n) is 4.26. The number of ether oxygens (including phenoxy) is 2. The lowest BCUT2D eigenvalue weighted by Crippen LogP contribution is -2.28. The normalized spacial score (nSPS) is 10.9. The van der Waals surface area contributed by atoms with Crippen molar-refractivity contribution in [3.8, 4) is 0 Å². The molecular weight excluding hydrogens is 184 g/mol. The Labute approximate surface area is 82.3 Å². The minimum Gasteiger partial charge on any atom is -0.354 e. The van der Waals surface area contributed by atoms with E-state index in [0.29, 0.717) is 12.2 Å². The van der Waals surface area contributed by atoms with Crippen molar-refractivity contribution in [1.82, 2.24) is 9.55 Å². The minimum absolute atomic E-state index is 0.100. The molecule has 0 radical (unpaired) electrons. The molecule has 0 aliphatic rings. The van der Waals surface area contributed by atoms with Crippen molar-refractivity contribution < 1.29 is 9.47 Å². The topological polar surface area (TPSA) is 53.4 Å². The van der Waals surface area contributed by atoms with Crippen LogP contribution in [0.5, 0.6) is 0 Å². The maximum absolute atomic E-state index is 11.4. The summed E-state index contributed by atoms with van der Waals surface area (Å²) in [6.07, 6.45) is 1.07. The van der Waals surface area contributed by atoms with Crippen LogP contribution < -0.4 is 5.56 Å². The molecule has 0 aliphatic heterocycles. The van der Waals surface area contributed by atoms with Gasteiger partial charge >= 0.3 is 0 Å². The third-order valence-corrected chi connectivity index (χ3v) is 1.89. The third-order valence-electron chi connectivity index (χ3n) is 1.89. The van der Waals surface area contributed by atoms with Gasteiger partial charge in [-0.25, -0.2) is 4.98 Å². The fourth-order valence-corrected chi connectivity index (χ4v) is 1.06. The summed E-state index contributed by atoms with van der Waals surface area (Å²) >= 11 is 0. The molecule has 0 saturated carbocycles. The Morgan fingerprint density at radius 2 is 2.14 bits per heavy atom. The molecule has 1 aromatic rings. The van der Waals surface area contributed by atoms with Gasteiger partial charge in [-0.05, 0) is 6.92 Å². The summed E-state index contributed by atoms with van der Waals surface area (Å²) in [4.78, 5) is 15.4. The molecule has 0 bridgehead atoms. The summed E-state index contributed by atoms with van der Waals surface area (Å²) < 4.78 is 11.4. The Hall–Kier alpha value is -1.20. The van der Waals surface area contributed by atoms with Gasteiger partial charge in [-0.3, -0.25) is 9.36 Å². The summed E-state index contributed by atoms with van der Waals surface area (Å²) in [6.45, 7) is 2.12. The van der Waals surface area contributed by atoms with Gasteiger partial charge in [0, 0.05) is 26.0 Å². The highest BCUT2D eigenvalue weighted by Gasteiger charge is 2.07. The van der Waals surface area contributed by atoms with Gasteiger partial charge in [-0.2, -0.15) is 0 Å². The monoisotopic (exact) mass is 198 g/mol. The van der Waals surface area contributed by atoms with E-state index in [1.54, 1.807) is 6.92 Å². The van der Waals surface area contributed by atoms with E-state index in [2.05, 4.69) is 4.98 Å². The van der Waals surface area contributed by atoms with Crippen molar-refractivity contribution in [2.24, 2.45) is 0 Å². The number of rotatable bonds is 4. The number of methoxy groups -OCH3 is 2. The van der Waals surface area contributed by atoms with Gasteiger partial charge in [0.1, 0.15) is 0 Å². The van der Waals surface area contributed by atoms with Gasteiger partial charge in [-0.1, -0.05) is 0 Å². The predicted octanol–water partition coefficient (Wildman–Crippen LogP) is 0.171. The average Bonchev–Trinajstić information content (AvgIpc) is 2.17. The van der Waals surface area contributed by atoms with E-state index in [-0.39, 0.29) is 5.56 Å². The highest BCUT2D eigenvalue weighted by atomic mass is 16.7. The molecule has 0 aromatic carbocycles. The highest BCUT2D eigenvalue weighted by Crippen LogP contribution is 1.94. The Morgan fingerprint density at radius 1 is 1.50 bits per heavy atom. The number of hydrogen-bond acceptors (Lipinski definition) is 4. The van der Waals surface area contributed by atoms with Gasteiger partial charge in [0.05, 0.1) is 12.9 Å². The Bertz CT molecular complexity index is 344. The summed E-state index contributed by atoms with van der Waals surface area (Å²) in [5, 5.41) is 0. The van der Waals surface area contributed by atoms with E-state index < -0.39 is 6.29 Å². The predicted molar refractivity (Wildman–Crippen MR) is 51.0 cm³/mol. The van der Waals surface area contributed by atoms with Crippen LogP contribution in [0.4, 0.5) is 0 Å². The number of aryl methyl sites for hydroxylation is 1. The summed E-state index contributed by atoms with van der Waals surface area (Å²) in [6, 6.07) is 1.47. The second-order valence-corrected chi connectivity index (χ2v) is 2.92. The van der Waals surface area contributed by atoms with Gasteiger partial charge in [0.15, 0.2) is 6.29 Å². The largest absolute Gasteiger partial charge is 0.354 e. The molecule has 0 amide bonds. The Balaban J connectivity index is 2.81. The van der Waals surface area contributed by atoms with E-state index in [9.17, 15) is 4.79 Å². The van der Waals surface area contributed by atoms with Crippen molar-refractivity contribution in [3.05, 3.63) is 28.4 Å². The van der Waals surface area contributed by atoms with Gasteiger partial charge in [0.25, 0.3) is 5.56 Å². The van der Waals surface area contributed by atoms with Crippen LogP contribution in [0.1, 0.15) is 5.69 Å². The quantitative estimate of drug-likeness (QED) is 0.647. The zero-order chi connectivity index (χ0) is 10.6. The average molecular weight is 198 g/mol. The lowest BCUT2D eigenvalue weighted by Gasteiger charge is -2.14. The molecule has 5 heteroatoms. The first-order valence-corrected chi connectivity index (χ1v) is 4.26. The van der Waals surface area contributed by atoms with Crippen molar-refractivity contribution in [1.29, 1.82) is 0 Å². The van der Waals surface area contributed by atoms with Crippen molar-refractivity contribution in [2.75, 3.05) is 14.2 Å². The lowest BCUT2D eigenvalue weighted by molar-refractivity contribution is -0.111. The number of nitrogens with zero attached hydrogens (tertiary/aromatic N) is 2. The van der Waals surface area contributed by atoms with E-state index in [1.165, 1.54) is 31.2 Å². The molecule has 5 nitrogen and oxygen atoms in total. The van der Waals surface area contributed by atoms with Crippen LogP contribution in [0, 0.1) is 6.92 Å². The zero-order valence-corrected chi connectivity index (χ0v) is 8.56. The molecule has 0 saturated heterocycles. The third kappa shape index (κ3) is 2.65. The van der Waals surface area contributed by atoms with Crippen LogP contribution in [0.15, 0.2) is 17.2 Å². The molecule has 14 heavy (non-hydrogen) atoms. The molecule has 0 atom stereocenters.